The van der Waals surface area contributed by atoms with Crippen molar-refractivity contribution in [3.8, 4) is 0 Å². The molecule has 1 rings (SSSR count). The highest BCUT2D eigenvalue weighted by molar-refractivity contribution is 7.89. The van der Waals surface area contributed by atoms with Gasteiger partial charge in [0, 0.05) is 27.3 Å². The molecule has 0 saturated heterocycles. The van der Waals surface area contributed by atoms with Gasteiger partial charge in [-0.2, -0.15) is 0 Å². The van der Waals surface area contributed by atoms with Gasteiger partial charge >= 0.3 is 0 Å². The molecule has 0 unspecified atom stereocenters. The molecular formula is C11H20ClN3O4S. The van der Waals surface area contributed by atoms with E-state index in [-0.39, 0.29) is 10.2 Å². The van der Waals surface area contributed by atoms with Crippen LogP contribution in [-0.4, -0.2) is 51.4 Å². The van der Waals surface area contributed by atoms with Gasteiger partial charge in [-0.15, -0.1) is 0 Å². The van der Waals surface area contributed by atoms with E-state index < -0.39 is 10.0 Å². The van der Waals surface area contributed by atoms with Gasteiger partial charge in [0.2, 0.25) is 5.03 Å². The Balaban J connectivity index is 2.26. The number of nitrogens with zero attached hydrogens (tertiary/aromatic N) is 2. The molecule has 1 heterocycles. The predicted molar refractivity (Wildman–Crippen MR) is 75.3 cm³/mol. The van der Waals surface area contributed by atoms with Crippen LogP contribution in [0.5, 0.6) is 0 Å². The number of hydrogen-bond acceptors (Lipinski definition) is 5. The summed E-state index contributed by atoms with van der Waals surface area (Å²) < 4.78 is 37.9. The first kappa shape index (κ1) is 17.4. The Morgan fingerprint density at radius 2 is 2.10 bits per heavy atom. The molecule has 20 heavy (non-hydrogen) atoms. The van der Waals surface area contributed by atoms with Crippen LogP contribution in [0.3, 0.4) is 0 Å². The van der Waals surface area contributed by atoms with E-state index in [1.807, 2.05) is 0 Å². The molecule has 0 amide bonds. The molecule has 0 saturated carbocycles. The minimum absolute atomic E-state index is 0.0976. The molecule has 0 aliphatic carbocycles. The summed E-state index contributed by atoms with van der Waals surface area (Å²) in [6.45, 7) is 2.01. The molecule has 0 fully saturated rings. The van der Waals surface area contributed by atoms with Crippen molar-refractivity contribution in [2.45, 2.75) is 17.9 Å². The Morgan fingerprint density at radius 1 is 1.35 bits per heavy atom. The van der Waals surface area contributed by atoms with E-state index >= 15 is 0 Å². The van der Waals surface area contributed by atoms with Gasteiger partial charge in [0.25, 0.3) is 10.0 Å². The van der Waals surface area contributed by atoms with Crippen LogP contribution >= 0.6 is 11.6 Å². The van der Waals surface area contributed by atoms with Crippen molar-refractivity contribution in [1.82, 2.24) is 14.3 Å². The van der Waals surface area contributed by atoms with Crippen LogP contribution in [-0.2, 0) is 26.5 Å². The van der Waals surface area contributed by atoms with Crippen molar-refractivity contribution in [2.24, 2.45) is 7.05 Å². The average molecular weight is 326 g/mol. The second-order valence-corrected chi connectivity index (χ2v) is 6.20. The van der Waals surface area contributed by atoms with Gasteiger partial charge in [0.1, 0.15) is 5.15 Å². The van der Waals surface area contributed by atoms with E-state index in [2.05, 4.69) is 9.71 Å². The third-order valence-electron chi connectivity index (χ3n) is 2.53. The van der Waals surface area contributed by atoms with Crippen molar-refractivity contribution in [1.29, 1.82) is 0 Å². The summed E-state index contributed by atoms with van der Waals surface area (Å²) in [6.07, 6.45) is 2.80. The number of nitrogens with one attached hydrogen (secondary N) is 1. The number of halogens is 1. The molecule has 0 bridgehead atoms. The van der Waals surface area contributed by atoms with Gasteiger partial charge < -0.3 is 14.0 Å². The highest BCUT2D eigenvalue weighted by Crippen LogP contribution is 2.17. The van der Waals surface area contributed by atoms with Gasteiger partial charge in [-0.05, 0) is 12.8 Å². The third kappa shape index (κ3) is 5.37. The first-order valence-electron chi connectivity index (χ1n) is 6.22. The molecule has 0 atom stereocenters. The Morgan fingerprint density at radius 3 is 2.70 bits per heavy atom. The van der Waals surface area contributed by atoms with Crippen LogP contribution in [0.1, 0.15) is 12.8 Å². The largest absolute Gasteiger partial charge is 0.382 e. The Hall–Kier alpha value is -0.670. The summed E-state index contributed by atoms with van der Waals surface area (Å²) in [6, 6.07) is 0. The maximum Gasteiger partial charge on any atom is 0.261 e. The monoisotopic (exact) mass is 325 g/mol. The van der Waals surface area contributed by atoms with Gasteiger partial charge in [-0.3, -0.25) is 0 Å². The smallest absolute Gasteiger partial charge is 0.261 e. The normalized spacial score (nSPS) is 11.9. The SMILES string of the molecule is COCCOCCCCNS(=O)(=O)c1ncn(C)c1Cl. The molecule has 1 N–H and O–H groups in total. The minimum Gasteiger partial charge on any atom is -0.382 e. The summed E-state index contributed by atoms with van der Waals surface area (Å²) in [5.41, 5.74) is 0. The Bertz CT molecular complexity index is 504. The maximum atomic E-state index is 11.9. The zero-order valence-electron chi connectivity index (χ0n) is 11.6. The number of unbranched alkanes of at least 4 members (excludes halogenated alkanes) is 1. The topological polar surface area (TPSA) is 82.4 Å². The standard InChI is InChI=1S/C11H20ClN3O4S/c1-15-9-13-11(10(15)12)20(16,17)14-5-3-4-6-19-8-7-18-2/h9,14H,3-8H2,1-2H3. The van der Waals surface area contributed by atoms with Crippen LogP contribution in [0.4, 0.5) is 0 Å². The van der Waals surface area contributed by atoms with Crippen molar-refractivity contribution in [3.63, 3.8) is 0 Å². The van der Waals surface area contributed by atoms with E-state index in [9.17, 15) is 8.42 Å². The highest BCUT2D eigenvalue weighted by atomic mass is 35.5. The van der Waals surface area contributed by atoms with Gasteiger partial charge in [0.05, 0.1) is 19.5 Å². The van der Waals surface area contributed by atoms with Crippen molar-refractivity contribution in [2.75, 3.05) is 33.5 Å². The lowest BCUT2D eigenvalue weighted by atomic mass is 10.3. The molecule has 0 aliphatic rings. The number of imidazole rings is 1. The van der Waals surface area contributed by atoms with Crippen LogP contribution in [0.15, 0.2) is 11.4 Å². The zero-order valence-corrected chi connectivity index (χ0v) is 13.2. The number of ether oxygens (including phenoxy) is 2. The lowest BCUT2D eigenvalue weighted by Crippen LogP contribution is -2.25. The van der Waals surface area contributed by atoms with E-state index in [4.69, 9.17) is 21.1 Å². The van der Waals surface area contributed by atoms with Gasteiger partial charge in [0.15, 0.2) is 0 Å². The predicted octanol–water partition coefficient (Wildman–Crippen LogP) is 0.795. The van der Waals surface area contributed by atoms with Crippen LogP contribution in [0.25, 0.3) is 0 Å². The minimum atomic E-state index is -3.65. The van der Waals surface area contributed by atoms with E-state index in [0.717, 1.165) is 6.42 Å². The van der Waals surface area contributed by atoms with Crippen molar-refractivity contribution in [3.05, 3.63) is 11.5 Å². The number of hydrogen-bond donors (Lipinski definition) is 1. The summed E-state index contributed by atoms with van der Waals surface area (Å²) in [7, 11) is -0.404. The van der Waals surface area contributed by atoms with Crippen molar-refractivity contribution >= 4 is 21.6 Å². The number of aryl methyl sites for hydroxylation is 1. The average Bonchev–Trinajstić information content (AvgIpc) is 2.74. The lowest BCUT2D eigenvalue weighted by molar-refractivity contribution is 0.0689. The van der Waals surface area contributed by atoms with Crippen LogP contribution in [0, 0.1) is 0 Å². The first-order chi connectivity index (χ1) is 9.49. The Labute approximate surface area is 124 Å². The second kappa shape index (κ2) is 8.58. The molecule has 0 radical (unpaired) electrons. The van der Waals surface area contributed by atoms with E-state index in [1.165, 1.54) is 10.9 Å². The van der Waals surface area contributed by atoms with Crippen molar-refractivity contribution < 1.29 is 17.9 Å². The maximum absolute atomic E-state index is 11.9. The molecule has 0 aliphatic heterocycles. The highest BCUT2D eigenvalue weighted by Gasteiger charge is 2.21. The van der Waals surface area contributed by atoms with Gasteiger partial charge in [-0.25, -0.2) is 18.1 Å². The molecule has 0 aromatic carbocycles. The summed E-state index contributed by atoms with van der Waals surface area (Å²) in [5.74, 6) is 0. The first-order valence-corrected chi connectivity index (χ1v) is 8.08. The quantitative estimate of drug-likeness (QED) is 0.643. The molecule has 0 spiro atoms. The van der Waals surface area contributed by atoms with Crippen LogP contribution < -0.4 is 4.72 Å². The molecule has 1 aromatic heterocycles. The van der Waals surface area contributed by atoms with Gasteiger partial charge in [-0.1, -0.05) is 11.6 Å². The molecule has 7 nitrogen and oxygen atoms in total. The van der Waals surface area contributed by atoms with E-state index in [1.54, 1.807) is 14.2 Å². The Kier molecular flexibility index (Phi) is 7.46. The van der Waals surface area contributed by atoms with E-state index in [0.29, 0.717) is 32.8 Å². The van der Waals surface area contributed by atoms with Crippen LogP contribution in [0.2, 0.25) is 5.15 Å². The lowest BCUT2D eigenvalue weighted by Gasteiger charge is -2.06. The zero-order chi connectivity index (χ0) is 15.0. The number of sulfonamides is 1. The molecular weight excluding hydrogens is 306 g/mol. The third-order valence-corrected chi connectivity index (χ3v) is 4.48. The number of aromatic nitrogens is 2. The summed E-state index contributed by atoms with van der Waals surface area (Å²) >= 11 is 5.85. The molecule has 1 aromatic rings. The fraction of sp³-hybridized carbons (Fsp3) is 0.727. The number of methoxy groups -OCH3 is 1. The summed E-state index contributed by atoms with van der Waals surface area (Å²) in [4.78, 5) is 3.78. The number of rotatable bonds is 10. The molecule has 116 valence electrons. The fourth-order valence-electron chi connectivity index (χ4n) is 1.42. The summed E-state index contributed by atoms with van der Waals surface area (Å²) in [5, 5.41) is -0.0431. The second-order valence-electron chi connectivity index (χ2n) is 4.16. The molecule has 9 heteroatoms. The fourth-order valence-corrected chi connectivity index (χ4v) is 2.92.